The van der Waals surface area contributed by atoms with E-state index in [1.807, 2.05) is 42.7 Å². The van der Waals surface area contributed by atoms with Crippen LogP contribution in [0.5, 0.6) is 0 Å². The molecule has 1 aliphatic rings. The average Bonchev–Trinajstić information content (AvgIpc) is 2.76. The highest BCUT2D eigenvalue weighted by atomic mass is 15.1. The Balaban J connectivity index is 1.31. The molecular weight excluding hydrogens is 344 g/mol. The zero-order valence-corrected chi connectivity index (χ0v) is 15.9. The summed E-state index contributed by atoms with van der Waals surface area (Å²) in [6.07, 6.45) is 6.07. The molecule has 3 aromatic rings. The molecule has 4 heteroatoms. The van der Waals surface area contributed by atoms with Gasteiger partial charge in [0.2, 0.25) is 0 Å². The normalized spacial score (nSPS) is 15.1. The van der Waals surface area contributed by atoms with Crippen LogP contribution in [-0.2, 0) is 6.54 Å². The molecule has 1 aromatic heterocycles. The highest BCUT2D eigenvalue weighted by Gasteiger charge is 2.19. The first kappa shape index (κ1) is 18.2. The third kappa shape index (κ3) is 4.57. The third-order valence-corrected chi connectivity index (χ3v) is 5.30. The van der Waals surface area contributed by atoms with Gasteiger partial charge >= 0.3 is 0 Å². The lowest BCUT2D eigenvalue weighted by Gasteiger charge is -2.32. The van der Waals surface area contributed by atoms with Crippen LogP contribution in [0.15, 0.2) is 73.1 Å². The van der Waals surface area contributed by atoms with Gasteiger partial charge in [-0.2, -0.15) is 5.26 Å². The van der Waals surface area contributed by atoms with Crippen molar-refractivity contribution in [3.05, 3.63) is 84.2 Å². The number of rotatable bonds is 5. The van der Waals surface area contributed by atoms with Crippen molar-refractivity contribution >= 4 is 5.69 Å². The van der Waals surface area contributed by atoms with Crippen LogP contribution in [-0.4, -0.2) is 29.0 Å². The van der Waals surface area contributed by atoms with Gasteiger partial charge in [0.15, 0.2) is 0 Å². The molecule has 4 nitrogen and oxygen atoms in total. The number of anilines is 1. The monoisotopic (exact) mass is 368 g/mol. The summed E-state index contributed by atoms with van der Waals surface area (Å²) in [5.41, 5.74) is 5.34. The van der Waals surface area contributed by atoms with Gasteiger partial charge in [-0.25, -0.2) is 0 Å². The van der Waals surface area contributed by atoms with Crippen molar-refractivity contribution in [2.24, 2.45) is 0 Å². The highest BCUT2D eigenvalue weighted by Crippen LogP contribution is 2.24. The lowest BCUT2D eigenvalue weighted by atomic mass is 10.0. The van der Waals surface area contributed by atoms with E-state index in [1.165, 1.54) is 5.56 Å². The van der Waals surface area contributed by atoms with Gasteiger partial charge in [-0.3, -0.25) is 9.88 Å². The predicted molar refractivity (Wildman–Crippen MR) is 113 cm³/mol. The molecule has 4 rings (SSSR count). The molecule has 0 aliphatic carbocycles. The van der Waals surface area contributed by atoms with E-state index in [1.54, 1.807) is 0 Å². The quantitative estimate of drug-likeness (QED) is 0.709. The molecule has 2 heterocycles. The fraction of sp³-hybridized carbons (Fsp3) is 0.250. The summed E-state index contributed by atoms with van der Waals surface area (Å²) in [6, 6.07) is 23.1. The Hall–Kier alpha value is -3.16. The van der Waals surface area contributed by atoms with Gasteiger partial charge in [0, 0.05) is 43.8 Å². The molecule has 0 bridgehead atoms. The van der Waals surface area contributed by atoms with Crippen LogP contribution in [0.1, 0.15) is 24.0 Å². The Kier molecular flexibility index (Phi) is 5.65. The lowest BCUT2D eigenvalue weighted by molar-refractivity contribution is 0.211. The first-order valence-electron chi connectivity index (χ1n) is 9.78. The second-order valence-corrected chi connectivity index (χ2v) is 7.33. The largest absolute Gasteiger partial charge is 0.382 e. The van der Waals surface area contributed by atoms with Crippen molar-refractivity contribution in [2.75, 3.05) is 18.4 Å². The van der Waals surface area contributed by atoms with Crippen LogP contribution in [0.3, 0.4) is 0 Å². The third-order valence-electron chi connectivity index (χ3n) is 5.30. The second-order valence-electron chi connectivity index (χ2n) is 7.33. The fourth-order valence-electron chi connectivity index (χ4n) is 3.75. The van der Waals surface area contributed by atoms with Gasteiger partial charge in [0.05, 0.1) is 11.6 Å². The standard InChI is InChI=1S/C24H24N4/c25-16-19-3-1-5-22(15-19)21-6-8-23(9-7-21)27-24-10-13-28(14-11-24)18-20-4-2-12-26-17-20/h1-9,12,15,17,24,27H,10-11,13-14,18H2. The summed E-state index contributed by atoms with van der Waals surface area (Å²) in [4.78, 5) is 6.71. The Morgan fingerprint density at radius 3 is 2.54 bits per heavy atom. The Morgan fingerprint density at radius 1 is 1.00 bits per heavy atom. The van der Waals surface area contributed by atoms with Crippen LogP contribution >= 0.6 is 0 Å². The maximum Gasteiger partial charge on any atom is 0.0991 e. The number of likely N-dealkylation sites (tertiary alicyclic amines) is 1. The topological polar surface area (TPSA) is 52.0 Å². The minimum atomic E-state index is 0.512. The number of nitrogens with one attached hydrogen (secondary N) is 1. The minimum Gasteiger partial charge on any atom is -0.382 e. The van der Waals surface area contributed by atoms with Crippen LogP contribution in [0.25, 0.3) is 11.1 Å². The number of pyridine rings is 1. The number of hydrogen-bond acceptors (Lipinski definition) is 4. The number of aromatic nitrogens is 1. The Morgan fingerprint density at radius 2 is 1.82 bits per heavy atom. The molecule has 0 radical (unpaired) electrons. The molecule has 1 aliphatic heterocycles. The van der Waals surface area contributed by atoms with Crippen molar-refractivity contribution in [1.29, 1.82) is 5.26 Å². The molecule has 140 valence electrons. The molecule has 0 spiro atoms. The van der Waals surface area contributed by atoms with E-state index < -0.39 is 0 Å². The fourth-order valence-corrected chi connectivity index (χ4v) is 3.75. The SMILES string of the molecule is N#Cc1cccc(-c2ccc(NC3CCN(Cc4cccnc4)CC3)cc2)c1. The summed E-state index contributed by atoms with van der Waals surface area (Å²) in [5, 5.41) is 12.7. The van der Waals surface area contributed by atoms with E-state index in [0.717, 1.165) is 49.3 Å². The Bertz CT molecular complexity index is 936. The van der Waals surface area contributed by atoms with Crippen molar-refractivity contribution in [2.45, 2.75) is 25.4 Å². The van der Waals surface area contributed by atoms with E-state index in [2.05, 4.69) is 51.6 Å². The van der Waals surface area contributed by atoms with Gasteiger partial charge in [-0.15, -0.1) is 0 Å². The van der Waals surface area contributed by atoms with E-state index in [4.69, 9.17) is 5.26 Å². The Labute approximate surface area is 166 Å². The molecule has 1 fully saturated rings. The number of nitrogens with zero attached hydrogens (tertiary/aromatic N) is 3. The molecule has 0 saturated carbocycles. The highest BCUT2D eigenvalue weighted by molar-refractivity contribution is 5.67. The van der Waals surface area contributed by atoms with Crippen molar-refractivity contribution in [3.8, 4) is 17.2 Å². The van der Waals surface area contributed by atoms with E-state index in [-0.39, 0.29) is 0 Å². The molecular formula is C24H24N4. The summed E-state index contributed by atoms with van der Waals surface area (Å²) in [7, 11) is 0. The van der Waals surface area contributed by atoms with E-state index in [0.29, 0.717) is 11.6 Å². The molecule has 2 aromatic carbocycles. The van der Waals surface area contributed by atoms with Gasteiger partial charge in [-0.05, 0) is 59.9 Å². The maximum atomic E-state index is 9.07. The molecule has 0 unspecified atom stereocenters. The van der Waals surface area contributed by atoms with Crippen molar-refractivity contribution in [1.82, 2.24) is 9.88 Å². The van der Waals surface area contributed by atoms with Crippen LogP contribution in [0, 0.1) is 11.3 Å². The van der Waals surface area contributed by atoms with Gasteiger partial charge < -0.3 is 5.32 Å². The first-order chi connectivity index (χ1) is 13.8. The van der Waals surface area contributed by atoms with Crippen molar-refractivity contribution < 1.29 is 0 Å². The maximum absolute atomic E-state index is 9.07. The van der Waals surface area contributed by atoms with Crippen LogP contribution in [0.4, 0.5) is 5.69 Å². The first-order valence-corrected chi connectivity index (χ1v) is 9.78. The van der Waals surface area contributed by atoms with E-state index >= 15 is 0 Å². The lowest BCUT2D eigenvalue weighted by Crippen LogP contribution is -2.38. The van der Waals surface area contributed by atoms with Gasteiger partial charge in [-0.1, -0.05) is 30.3 Å². The summed E-state index contributed by atoms with van der Waals surface area (Å²) >= 11 is 0. The zero-order valence-electron chi connectivity index (χ0n) is 15.9. The number of hydrogen-bond donors (Lipinski definition) is 1. The smallest absolute Gasteiger partial charge is 0.0991 e. The van der Waals surface area contributed by atoms with Gasteiger partial charge in [0.25, 0.3) is 0 Å². The van der Waals surface area contributed by atoms with Crippen molar-refractivity contribution in [3.63, 3.8) is 0 Å². The number of benzene rings is 2. The zero-order chi connectivity index (χ0) is 19.2. The average molecular weight is 368 g/mol. The summed E-state index contributed by atoms with van der Waals surface area (Å²) in [6.45, 7) is 3.19. The molecule has 1 saturated heterocycles. The summed E-state index contributed by atoms with van der Waals surface area (Å²) < 4.78 is 0. The minimum absolute atomic E-state index is 0.512. The molecule has 1 N–H and O–H groups in total. The number of nitriles is 1. The molecule has 0 atom stereocenters. The second kappa shape index (κ2) is 8.69. The van der Waals surface area contributed by atoms with Crippen LogP contribution in [0.2, 0.25) is 0 Å². The van der Waals surface area contributed by atoms with E-state index in [9.17, 15) is 0 Å². The molecule has 0 amide bonds. The predicted octanol–water partition coefficient (Wildman–Crippen LogP) is 4.70. The molecule has 28 heavy (non-hydrogen) atoms. The summed E-state index contributed by atoms with van der Waals surface area (Å²) in [5.74, 6) is 0. The van der Waals surface area contributed by atoms with Crippen LogP contribution < -0.4 is 5.32 Å². The van der Waals surface area contributed by atoms with Gasteiger partial charge in [0.1, 0.15) is 0 Å². The number of piperidine rings is 1.